The van der Waals surface area contributed by atoms with Gasteiger partial charge in [0, 0.05) is 23.2 Å². The summed E-state index contributed by atoms with van der Waals surface area (Å²) in [6, 6.07) is 6.96. The lowest BCUT2D eigenvalue weighted by Crippen LogP contribution is -2.37. The van der Waals surface area contributed by atoms with Gasteiger partial charge in [0.15, 0.2) is 15.0 Å². The Morgan fingerprint density at radius 2 is 2.00 bits per heavy atom. The molecule has 2 saturated heterocycles. The van der Waals surface area contributed by atoms with Gasteiger partial charge in [-0.25, -0.2) is 8.42 Å². The summed E-state index contributed by atoms with van der Waals surface area (Å²) in [6.45, 7) is 0.342. The van der Waals surface area contributed by atoms with Crippen LogP contribution in [0.5, 0.6) is 0 Å². The minimum atomic E-state index is -3.13. The predicted molar refractivity (Wildman–Crippen MR) is 100 cm³/mol. The van der Waals surface area contributed by atoms with Crippen LogP contribution in [0.15, 0.2) is 29.3 Å². The number of hydrogen-bond acceptors (Lipinski definition) is 5. The maximum absolute atomic E-state index is 12.0. The maximum Gasteiger partial charge on any atom is 0.303 e. The van der Waals surface area contributed by atoms with E-state index < -0.39 is 21.7 Å². The molecule has 3 rings (SSSR count). The Kier molecular flexibility index (Phi) is 5.59. The number of sulfone groups is 1. The van der Waals surface area contributed by atoms with Gasteiger partial charge in [-0.15, -0.1) is 0 Å². The summed E-state index contributed by atoms with van der Waals surface area (Å²) in [7, 11) is -3.13. The molecule has 2 atom stereocenters. The SMILES string of the molecule is O=C(O)CCC(=O)N=C1S[C@H]2CS(=O)(=O)C[C@@H]2N1Cc1ccccc1Cl. The maximum atomic E-state index is 12.0. The molecule has 7 nitrogen and oxygen atoms in total. The minimum absolute atomic E-state index is 0.0114. The second kappa shape index (κ2) is 7.58. The van der Waals surface area contributed by atoms with Crippen LogP contribution in [0.2, 0.25) is 5.02 Å². The average Bonchev–Trinajstić information content (AvgIpc) is 3.00. The number of halogens is 1. The number of amidine groups is 1. The van der Waals surface area contributed by atoms with Gasteiger partial charge in [-0.05, 0) is 11.6 Å². The van der Waals surface area contributed by atoms with Crippen molar-refractivity contribution >= 4 is 50.2 Å². The summed E-state index contributed by atoms with van der Waals surface area (Å²) in [6.07, 6.45) is -0.473. The first-order chi connectivity index (χ1) is 12.2. The Bertz CT molecular complexity index is 871. The van der Waals surface area contributed by atoms with E-state index in [1.165, 1.54) is 11.8 Å². The second-order valence-corrected chi connectivity index (χ2v) is 9.97. The number of carbonyl (C=O) groups excluding carboxylic acids is 1. The van der Waals surface area contributed by atoms with Crippen molar-refractivity contribution < 1.29 is 23.1 Å². The number of benzene rings is 1. The number of carbonyl (C=O) groups is 2. The average molecular weight is 417 g/mol. The number of amides is 1. The van der Waals surface area contributed by atoms with Crippen molar-refractivity contribution in [1.82, 2.24) is 4.90 Å². The van der Waals surface area contributed by atoms with Gasteiger partial charge in [-0.3, -0.25) is 9.59 Å². The normalized spacial score (nSPS) is 25.4. The third-order valence-corrected chi connectivity index (χ3v) is 7.86. The van der Waals surface area contributed by atoms with Crippen molar-refractivity contribution in [3.05, 3.63) is 34.9 Å². The summed E-state index contributed by atoms with van der Waals surface area (Å²) in [5.74, 6) is -1.53. The minimum Gasteiger partial charge on any atom is -0.481 e. The number of hydrogen-bond donors (Lipinski definition) is 1. The summed E-state index contributed by atoms with van der Waals surface area (Å²) < 4.78 is 24.0. The largest absolute Gasteiger partial charge is 0.481 e. The molecule has 0 aliphatic carbocycles. The smallest absolute Gasteiger partial charge is 0.303 e. The third-order valence-electron chi connectivity index (χ3n) is 4.25. The molecule has 2 aliphatic rings. The summed E-state index contributed by atoms with van der Waals surface area (Å²) in [4.78, 5) is 28.5. The van der Waals surface area contributed by atoms with E-state index in [0.29, 0.717) is 16.7 Å². The van der Waals surface area contributed by atoms with Crippen LogP contribution in [0, 0.1) is 0 Å². The number of fused-ring (bicyclic) bond motifs is 1. The molecule has 0 spiro atoms. The van der Waals surface area contributed by atoms with Crippen molar-refractivity contribution in [2.45, 2.75) is 30.7 Å². The molecule has 0 unspecified atom stereocenters. The number of aliphatic carboxylic acids is 1. The molecular formula is C16H17ClN2O5S2. The summed E-state index contributed by atoms with van der Waals surface area (Å²) in [5.41, 5.74) is 0.811. The molecule has 0 bridgehead atoms. The van der Waals surface area contributed by atoms with Gasteiger partial charge in [0.1, 0.15) is 0 Å². The molecule has 2 heterocycles. The van der Waals surface area contributed by atoms with Crippen LogP contribution >= 0.6 is 23.4 Å². The first-order valence-electron chi connectivity index (χ1n) is 7.95. The van der Waals surface area contributed by atoms with Crippen LogP contribution in [-0.2, 0) is 26.0 Å². The Hall–Kier alpha value is -1.58. The summed E-state index contributed by atoms with van der Waals surface area (Å²) >= 11 is 7.48. The fourth-order valence-electron chi connectivity index (χ4n) is 3.01. The zero-order valence-corrected chi connectivity index (χ0v) is 16.1. The van der Waals surface area contributed by atoms with E-state index in [4.69, 9.17) is 16.7 Å². The van der Waals surface area contributed by atoms with Gasteiger partial charge < -0.3 is 10.0 Å². The topological polar surface area (TPSA) is 104 Å². The zero-order chi connectivity index (χ0) is 18.9. The molecule has 2 aliphatic heterocycles. The monoisotopic (exact) mass is 416 g/mol. The second-order valence-electron chi connectivity index (χ2n) is 6.20. The van der Waals surface area contributed by atoms with Crippen molar-refractivity contribution in [3.8, 4) is 0 Å². The fourth-order valence-corrected chi connectivity index (χ4v) is 7.17. The highest BCUT2D eigenvalue weighted by atomic mass is 35.5. The van der Waals surface area contributed by atoms with Crippen molar-refractivity contribution in [1.29, 1.82) is 0 Å². The lowest BCUT2D eigenvalue weighted by atomic mass is 10.1. The molecular weight excluding hydrogens is 400 g/mol. The van der Waals surface area contributed by atoms with E-state index in [0.717, 1.165) is 5.56 Å². The first-order valence-corrected chi connectivity index (χ1v) is 11.0. The first kappa shape index (κ1) is 19.2. The van der Waals surface area contributed by atoms with Gasteiger partial charge in [-0.1, -0.05) is 41.6 Å². The third kappa shape index (κ3) is 4.39. The Morgan fingerprint density at radius 1 is 1.27 bits per heavy atom. The molecule has 0 radical (unpaired) electrons. The molecule has 0 aromatic heterocycles. The Balaban J connectivity index is 1.85. The van der Waals surface area contributed by atoms with Crippen LogP contribution in [0.25, 0.3) is 0 Å². The molecule has 1 aromatic carbocycles. The number of nitrogens with zero attached hydrogens (tertiary/aromatic N) is 2. The lowest BCUT2D eigenvalue weighted by molar-refractivity contribution is -0.138. The van der Waals surface area contributed by atoms with Crippen LogP contribution < -0.4 is 0 Å². The molecule has 1 aromatic rings. The van der Waals surface area contributed by atoms with Crippen LogP contribution in [0.1, 0.15) is 18.4 Å². The van der Waals surface area contributed by atoms with Gasteiger partial charge in [0.25, 0.3) is 0 Å². The Morgan fingerprint density at radius 3 is 2.69 bits per heavy atom. The van der Waals surface area contributed by atoms with E-state index in [9.17, 15) is 18.0 Å². The molecule has 140 valence electrons. The molecule has 1 N–H and O–H groups in total. The fraction of sp³-hybridized carbons (Fsp3) is 0.438. The highest BCUT2D eigenvalue weighted by Crippen LogP contribution is 2.39. The Labute approximate surface area is 160 Å². The number of carboxylic acid groups (broad SMARTS) is 1. The number of thioether (sulfide) groups is 1. The molecule has 2 fully saturated rings. The highest BCUT2D eigenvalue weighted by molar-refractivity contribution is 8.15. The van der Waals surface area contributed by atoms with E-state index in [-0.39, 0.29) is 35.6 Å². The van der Waals surface area contributed by atoms with E-state index in [1.807, 2.05) is 12.1 Å². The summed E-state index contributed by atoms with van der Waals surface area (Å²) in [5, 5.41) is 9.49. The number of carboxylic acids is 1. The zero-order valence-electron chi connectivity index (χ0n) is 13.7. The highest BCUT2D eigenvalue weighted by Gasteiger charge is 2.48. The number of rotatable bonds is 5. The van der Waals surface area contributed by atoms with Gasteiger partial charge >= 0.3 is 5.97 Å². The van der Waals surface area contributed by atoms with E-state index in [1.54, 1.807) is 17.0 Å². The van der Waals surface area contributed by atoms with Crippen molar-refractivity contribution in [2.24, 2.45) is 4.99 Å². The van der Waals surface area contributed by atoms with Crippen LogP contribution in [-0.4, -0.2) is 58.3 Å². The van der Waals surface area contributed by atoms with Crippen LogP contribution in [0.3, 0.4) is 0 Å². The number of aliphatic imine (C=N–C) groups is 1. The molecule has 26 heavy (non-hydrogen) atoms. The standard InChI is InChI=1S/C16H17ClN2O5S2/c17-11-4-2-1-3-10(11)7-19-12-8-26(23,24)9-13(12)25-16(19)18-14(20)5-6-15(21)22/h1-4,12-13H,5-9H2,(H,21,22)/t12-,13-/m0/s1. The van der Waals surface area contributed by atoms with Gasteiger partial charge in [0.2, 0.25) is 5.91 Å². The van der Waals surface area contributed by atoms with E-state index >= 15 is 0 Å². The van der Waals surface area contributed by atoms with Gasteiger partial charge in [-0.2, -0.15) is 4.99 Å². The molecule has 1 amide bonds. The lowest BCUT2D eigenvalue weighted by Gasteiger charge is -2.24. The van der Waals surface area contributed by atoms with Crippen LogP contribution in [0.4, 0.5) is 0 Å². The molecule has 10 heteroatoms. The predicted octanol–water partition coefficient (Wildman–Crippen LogP) is 1.80. The van der Waals surface area contributed by atoms with E-state index in [2.05, 4.69) is 4.99 Å². The molecule has 0 saturated carbocycles. The van der Waals surface area contributed by atoms with Gasteiger partial charge in [0.05, 0.1) is 24.0 Å². The van der Waals surface area contributed by atoms with Crippen molar-refractivity contribution in [2.75, 3.05) is 11.5 Å². The van der Waals surface area contributed by atoms with Crippen molar-refractivity contribution in [3.63, 3.8) is 0 Å². The quantitative estimate of drug-likeness (QED) is 0.780.